The summed E-state index contributed by atoms with van der Waals surface area (Å²) in [7, 11) is 0. The third kappa shape index (κ3) is 8.33. The lowest BCUT2D eigenvalue weighted by Crippen LogP contribution is -2.31. The molecule has 2 heteroatoms. The predicted molar refractivity (Wildman–Crippen MR) is 88.0 cm³/mol. The van der Waals surface area contributed by atoms with Gasteiger partial charge >= 0.3 is 0 Å². The second kappa shape index (κ2) is 11.4. The second-order valence-corrected chi connectivity index (χ2v) is 6.22. The van der Waals surface area contributed by atoms with Crippen molar-refractivity contribution < 1.29 is 0 Å². The van der Waals surface area contributed by atoms with E-state index in [-0.39, 0.29) is 0 Å². The van der Waals surface area contributed by atoms with Crippen LogP contribution >= 0.6 is 11.8 Å². The molecule has 0 fully saturated rings. The molecule has 1 aromatic rings. The van der Waals surface area contributed by atoms with E-state index in [1.54, 1.807) is 0 Å². The average Bonchev–Trinajstić information content (AvgIpc) is 2.46. The third-order valence-corrected chi connectivity index (χ3v) is 4.46. The molecular formula is C17H29NS. The molecule has 19 heavy (non-hydrogen) atoms. The van der Waals surface area contributed by atoms with Crippen LogP contribution in [0.2, 0.25) is 0 Å². The van der Waals surface area contributed by atoms with E-state index in [9.17, 15) is 0 Å². The first-order valence-electron chi connectivity index (χ1n) is 7.78. The second-order valence-electron chi connectivity index (χ2n) is 5.12. The van der Waals surface area contributed by atoms with Crippen molar-refractivity contribution in [1.82, 2.24) is 5.32 Å². The maximum absolute atomic E-state index is 3.70. The molecule has 0 aliphatic heterocycles. The van der Waals surface area contributed by atoms with E-state index in [0.29, 0.717) is 6.04 Å². The highest BCUT2D eigenvalue weighted by atomic mass is 32.2. The first-order chi connectivity index (χ1) is 9.36. The van der Waals surface area contributed by atoms with Crippen LogP contribution in [0.5, 0.6) is 0 Å². The summed E-state index contributed by atoms with van der Waals surface area (Å²) >= 11 is 1.98. The molecule has 0 heterocycles. The highest BCUT2D eigenvalue weighted by Gasteiger charge is 2.08. The van der Waals surface area contributed by atoms with Gasteiger partial charge in [-0.3, -0.25) is 0 Å². The molecule has 0 aromatic heterocycles. The SMILES string of the molecule is CCCCCCC(CSc1ccccc1)NCCC. The molecule has 1 rings (SSSR count). The molecule has 0 spiro atoms. The van der Waals surface area contributed by atoms with Gasteiger partial charge in [-0.25, -0.2) is 0 Å². The van der Waals surface area contributed by atoms with Crippen LogP contribution in [-0.2, 0) is 0 Å². The molecule has 0 radical (unpaired) electrons. The van der Waals surface area contributed by atoms with Crippen molar-refractivity contribution in [2.45, 2.75) is 63.3 Å². The normalized spacial score (nSPS) is 12.5. The van der Waals surface area contributed by atoms with Crippen molar-refractivity contribution in [3.63, 3.8) is 0 Å². The Hall–Kier alpha value is -0.470. The van der Waals surface area contributed by atoms with Gasteiger partial charge in [0.25, 0.3) is 0 Å². The molecule has 0 aliphatic carbocycles. The molecule has 1 unspecified atom stereocenters. The number of benzene rings is 1. The Labute approximate surface area is 123 Å². The Bertz CT molecular complexity index is 299. The zero-order valence-electron chi connectivity index (χ0n) is 12.5. The molecular weight excluding hydrogens is 250 g/mol. The summed E-state index contributed by atoms with van der Waals surface area (Å²) in [4.78, 5) is 1.39. The van der Waals surface area contributed by atoms with Gasteiger partial charge in [-0.15, -0.1) is 11.8 Å². The van der Waals surface area contributed by atoms with E-state index < -0.39 is 0 Å². The van der Waals surface area contributed by atoms with Crippen molar-refractivity contribution in [2.75, 3.05) is 12.3 Å². The monoisotopic (exact) mass is 279 g/mol. The summed E-state index contributed by atoms with van der Waals surface area (Å²) < 4.78 is 0. The first-order valence-corrected chi connectivity index (χ1v) is 8.76. The molecule has 1 N–H and O–H groups in total. The molecule has 1 nitrogen and oxygen atoms in total. The number of nitrogens with one attached hydrogen (secondary N) is 1. The van der Waals surface area contributed by atoms with E-state index in [4.69, 9.17) is 0 Å². The lowest BCUT2D eigenvalue weighted by Gasteiger charge is -2.18. The fourth-order valence-corrected chi connectivity index (χ4v) is 3.15. The zero-order chi connectivity index (χ0) is 13.8. The number of hydrogen-bond donors (Lipinski definition) is 1. The van der Waals surface area contributed by atoms with Gasteiger partial charge in [0.15, 0.2) is 0 Å². The summed E-state index contributed by atoms with van der Waals surface area (Å²) in [6, 6.07) is 11.4. The highest BCUT2D eigenvalue weighted by Crippen LogP contribution is 2.19. The number of thioether (sulfide) groups is 1. The van der Waals surface area contributed by atoms with Crippen molar-refractivity contribution >= 4 is 11.8 Å². The van der Waals surface area contributed by atoms with Crippen LogP contribution in [0.3, 0.4) is 0 Å². The van der Waals surface area contributed by atoms with Crippen LogP contribution in [0.1, 0.15) is 52.4 Å². The summed E-state index contributed by atoms with van der Waals surface area (Å²) in [5.74, 6) is 1.19. The summed E-state index contributed by atoms with van der Waals surface area (Å²) in [5.41, 5.74) is 0. The summed E-state index contributed by atoms with van der Waals surface area (Å²) in [6.45, 7) is 5.66. The molecule has 1 aromatic carbocycles. The standard InChI is InChI=1S/C17H29NS/c1-3-5-6-8-11-16(18-14-4-2)15-19-17-12-9-7-10-13-17/h7,9-10,12-13,16,18H,3-6,8,11,14-15H2,1-2H3. The fourth-order valence-electron chi connectivity index (χ4n) is 2.12. The summed E-state index contributed by atoms with van der Waals surface area (Å²) in [5, 5.41) is 3.70. The van der Waals surface area contributed by atoms with Gasteiger partial charge in [0.05, 0.1) is 0 Å². The fraction of sp³-hybridized carbons (Fsp3) is 0.647. The number of unbranched alkanes of at least 4 members (excludes halogenated alkanes) is 3. The Morgan fingerprint density at radius 3 is 2.47 bits per heavy atom. The molecule has 0 aliphatic rings. The first kappa shape index (κ1) is 16.6. The predicted octanol–water partition coefficient (Wildman–Crippen LogP) is 5.12. The largest absolute Gasteiger partial charge is 0.313 e. The maximum Gasteiger partial charge on any atom is 0.0161 e. The van der Waals surface area contributed by atoms with Crippen molar-refractivity contribution in [2.24, 2.45) is 0 Å². The number of hydrogen-bond acceptors (Lipinski definition) is 2. The third-order valence-electron chi connectivity index (χ3n) is 3.28. The Balaban J connectivity index is 2.27. The van der Waals surface area contributed by atoms with Gasteiger partial charge in [-0.05, 0) is 31.5 Å². The highest BCUT2D eigenvalue weighted by molar-refractivity contribution is 7.99. The van der Waals surface area contributed by atoms with Crippen LogP contribution < -0.4 is 5.32 Å². The Morgan fingerprint density at radius 2 is 1.79 bits per heavy atom. The van der Waals surface area contributed by atoms with Gasteiger partial charge in [0.1, 0.15) is 0 Å². The van der Waals surface area contributed by atoms with E-state index in [2.05, 4.69) is 49.5 Å². The topological polar surface area (TPSA) is 12.0 Å². The van der Waals surface area contributed by atoms with Crippen molar-refractivity contribution in [3.05, 3.63) is 30.3 Å². The van der Waals surface area contributed by atoms with Gasteiger partial charge in [-0.1, -0.05) is 57.7 Å². The van der Waals surface area contributed by atoms with E-state index >= 15 is 0 Å². The smallest absolute Gasteiger partial charge is 0.0161 e. The molecule has 108 valence electrons. The van der Waals surface area contributed by atoms with Crippen LogP contribution in [-0.4, -0.2) is 18.3 Å². The van der Waals surface area contributed by atoms with Gasteiger partial charge in [-0.2, -0.15) is 0 Å². The zero-order valence-corrected chi connectivity index (χ0v) is 13.3. The Kier molecular flexibility index (Phi) is 9.92. The van der Waals surface area contributed by atoms with E-state index in [1.165, 1.54) is 49.2 Å². The molecule has 0 saturated carbocycles. The molecule has 0 saturated heterocycles. The molecule has 0 bridgehead atoms. The van der Waals surface area contributed by atoms with E-state index in [0.717, 1.165) is 6.54 Å². The minimum absolute atomic E-state index is 0.669. The van der Waals surface area contributed by atoms with Crippen LogP contribution in [0.25, 0.3) is 0 Å². The molecule has 1 atom stereocenters. The van der Waals surface area contributed by atoms with Gasteiger partial charge < -0.3 is 5.32 Å². The van der Waals surface area contributed by atoms with Gasteiger partial charge in [0.2, 0.25) is 0 Å². The average molecular weight is 279 g/mol. The van der Waals surface area contributed by atoms with Crippen LogP contribution in [0, 0.1) is 0 Å². The quantitative estimate of drug-likeness (QED) is 0.446. The molecule has 0 amide bonds. The van der Waals surface area contributed by atoms with Gasteiger partial charge in [0, 0.05) is 16.7 Å². The summed E-state index contributed by atoms with van der Waals surface area (Å²) in [6.07, 6.45) is 8.00. The van der Waals surface area contributed by atoms with Crippen molar-refractivity contribution in [3.8, 4) is 0 Å². The van der Waals surface area contributed by atoms with Crippen LogP contribution in [0.4, 0.5) is 0 Å². The van der Waals surface area contributed by atoms with Crippen molar-refractivity contribution in [1.29, 1.82) is 0 Å². The minimum atomic E-state index is 0.669. The lowest BCUT2D eigenvalue weighted by molar-refractivity contribution is 0.488. The lowest BCUT2D eigenvalue weighted by atomic mass is 10.1. The maximum atomic E-state index is 3.70. The van der Waals surface area contributed by atoms with E-state index in [1.807, 2.05) is 11.8 Å². The minimum Gasteiger partial charge on any atom is -0.313 e. The number of rotatable bonds is 11. The Morgan fingerprint density at radius 1 is 1.00 bits per heavy atom. The van der Waals surface area contributed by atoms with Crippen LogP contribution in [0.15, 0.2) is 35.2 Å².